The molecule has 2 nitrogen and oxygen atoms in total. The van der Waals surface area contributed by atoms with E-state index in [1.165, 1.54) is 0 Å². The summed E-state index contributed by atoms with van der Waals surface area (Å²) in [5.74, 6) is -0.0948. The molecule has 1 aromatic rings. The van der Waals surface area contributed by atoms with Crippen molar-refractivity contribution in [2.24, 2.45) is 0 Å². The molecule has 1 aromatic carbocycles. The van der Waals surface area contributed by atoms with Gasteiger partial charge in [-0.25, -0.2) is 0 Å². The quantitative estimate of drug-likeness (QED) is 0.748. The summed E-state index contributed by atoms with van der Waals surface area (Å²) in [7, 11) is 0. The summed E-state index contributed by atoms with van der Waals surface area (Å²) in [6.07, 6.45) is 4.38. The Bertz CT molecular complexity index is 458. The first-order valence-electron chi connectivity index (χ1n) is 5.90. The Morgan fingerprint density at radius 2 is 2.06 bits per heavy atom. The molecule has 1 N–H and O–H groups in total. The lowest BCUT2D eigenvalue weighted by Gasteiger charge is -2.28. The van der Waals surface area contributed by atoms with Gasteiger partial charge < -0.3 is 5.32 Å². The Morgan fingerprint density at radius 1 is 1.39 bits per heavy atom. The number of hydrogen-bond donors (Lipinski definition) is 1. The molecule has 1 aliphatic carbocycles. The summed E-state index contributed by atoms with van der Waals surface area (Å²) in [6, 6.07) is 5.40. The van der Waals surface area contributed by atoms with Crippen molar-refractivity contribution in [3.63, 3.8) is 0 Å². The van der Waals surface area contributed by atoms with Crippen LogP contribution in [0.1, 0.15) is 36.0 Å². The van der Waals surface area contributed by atoms with E-state index >= 15 is 0 Å². The molecule has 0 radical (unpaired) electrons. The first-order chi connectivity index (χ1) is 8.58. The summed E-state index contributed by atoms with van der Waals surface area (Å²) in [5.41, 5.74) is 0.418. The highest BCUT2D eigenvalue weighted by Gasteiger charge is 2.34. The fraction of sp³-hybridized carbons (Fsp3) is 0.462. The molecule has 0 aliphatic heterocycles. The zero-order valence-corrected chi connectivity index (χ0v) is 13.7. The van der Waals surface area contributed by atoms with E-state index < -0.39 is 0 Å². The van der Waals surface area contributed by atoms with Crippen LogP contribution >= 0.6 is 43.5 Å². The third kappa shape index (κ3) is 2.91. The minimum absolute atomic E-state index is 0.0948. The van der Waals surface area contributed by atoms with E-state index in [1.807, 2.05) is 12.1 Å². The monoisotopic (exact) mass is 393 g/mol. The standard InChI is InChI=1S/C13H14Br2ClNO/c14-8-13(6-1-2-7-13)17-12(18)9-4-3-5-10(15)11(9)16/h3-5H,1-2,6-8H2,(H,17,18). The number of carbonyl (C=O) groups is 1. The van der Waals surface area contributed by atoms with Crippen LogP contribution in [0.25, 0.3) is 0 Å². The maximum absolute atomic E-state index is 12.3. The second kappa shape index (κ2) is 5.93. The molecule has 1 aliphatic rings. The maximum atomic E-state index is 12.3. The third-order valence-corrected chi connectivity index (χ3v) is 5.76. The highest BCUT2D eigenvalue weighted by atomic mass is 79.9. The second-order valence-electron chi connectivity index (χ2n) is 4.68. The molecule has 1 saturated carbocycles. The molecule has 2 rings (SSSR count). The van der Waals surface area contributed by atoms with Gasteiger partial charge in [-0.1, -0.05) is 46.4 Å². The fourth-order valence-electron chi connectivity index (χ4n) is 2.33. The molecule has 18 heavy (non-hydrogen) atoms. The van der Waals surface area contributed by atoms with Gasteiger partial charge in [0.05, 0.1) is 16.1 Å². The molecule has 1 amide bonds. The molecule has 0 heterocycles. The van der Waals surface area contributed by atoms with E-state index in [1.54, 1.807) is 6.07 Å². The van der Waals surface area contributed by atoms with E-state index in [4.69, 9.17) is 11.6 Å². The first kappa shape index (κ1) is 14.4. The lowest BCUT2D eigenvalue weighted by molar-refractivity contribution is 0.0910. The Morgan fingerprint density at radius 3 is 2.67 bits per heavy atom. The van der Waals surface area contributed by atoms with Crippen LogP contribution in [0.15, 0.2) is 22.7 Å². The summed E-state index contributed by atoms with van der Waals surface area (Å²) >= 11 is 13.0. The third-order valence-electron chi connectivity index (χ3n) is 3.39. The average Bonchev–Trinajstić information content (AvgIpc) is 2.81. The van der Waals surface area contributed by atoms with Crippen LogP contribution in [0.2, 0.25) is 5.02 Å². The maximum Gasteiger partial charge on any atom is 0.253 e. The number of nitrogens with one attached hydrogen (secondary N) is 1. The highest BCUT2D eigenvalue weighted by Crippen LogP contribution is 2.32. The van der Waals surface area contributed by atoms with E-state index in [9.17, 15) is 4.79 Å². The minimum Gasteiger partial charge on any atom is -0.346 e. The Labute approximate surface area is 129 Å². The van der Waals surface area contributed by atoms with Crippen molar-refractivity contribution < 1.29 is 4.79 Å². The zero-order valence-electron chi connectivity index (χ0n) is 9.81. The minimum atomic E-state index is -0.108. The number of amides is 1. The van der Waals surface area contributed by atoms with Crippen molar-refractivity contribution in [2.75, 3.05) is 5.33 Å². The Balaban J connectivity index is 2.19. The lowest BCUT2D eigenvalue weighted by atomic mass is 10.00. The van der Waals surface area contributed by atoms with Crippen molar-refractivity contribution in [1.29, 1.82) is 0 Å². The molecule has 1 fully saturated rings. The predicted molar refractivity (Wildman–Crippen MR) is 81.6 cm³/mol. The SMILES string of the molecule is O=C(NC1(CBr)CCCC1)c1cccc(Br)c1Cl. The molecule has 98 valence electrons. The Hall–Kier alpha value is -0.0600. The zero-order chi connectivity index (χ0) is 13.2. The molecule has 0 atom stereocenters. The number of carbonyl (C=O) groups excluding carboxylic acids is 1. The molecule has 0 saturated heterocycles. The van der Waals surface area contributed by atoms with Crippen LogP contribution < -0.4 is 5.32 Å². The van der Waals surface area contributed by atoms with Gasteiger partial charge in [0.1, 0.15) is 0 Å². The molecule has 0 aromatic heterocycles. The smallest absolute Gasteiger partial charge is 0.253 e. The molecule has 0 bridgehead atoms. The molecule has 0 spiro atoms. The van der Waals surface area contributed by atoms with Crippen LogP contribution in [0, 0.1) is 0 Å². The molecule has 0 unspecified atom stereocenters. The van der Waals surface area contributed by atoms with Crippen molar-refractivity contribution in [1.82, 2.24) is 5.32 Å². The van der Waals surface area contributed by atoms with Gasteiger partial charge in [-0.2, -0.15) is 0 Å². The van der Waals surface area contributed by atoms with Crippen molar-refractivity contribution in [3.05, 3.63) is 33.3 Å². The van der Waals surface area contributed by atoms with Crippen LogP contribution in [0.4, 0.5) is 0 Å². The first-order valence-corrected chi connectivity index (χ1v) is 8.20. The van der Waals surface area contributed by atoms with E-state index in [2.05, 4.69) is 37.2 Å². The van der Waals surface area contributed by atoms with Gasteiger partial charge >= 0.3 is 0 Å². The van der Waals surface area contributed by atoms with Gasteiger partial charge in [-0.05, 0) is 40.9 Å². The van der Waals surface area contributed by atoms with Crippen LogP contribution in [-0.2, 0) is 0 Å². The van der Waals surface area contributed by atoms with Crippen molar-refractivity contribution >= 4 is 49.4 Å². The number of hydrogen-bond acceptors (Lipinski definition) is 1. The summed E-state index contributed by atoms with van der Waals surface area (Å²) in [4.78, 5) is 12.3. The second-order valence-corrected chi connectivity index (χ2v) is 6.47. The Kier molecular flexibility index (Phi) is 4.73. The number of rotatable bonds is 3. The van der Waals surface area contributed by atoms with Gasteiger partial charge in [0.2, 0.25) is 0 Å². The highest BCUT2D eigenvalue weighted by molar-refractivity contribution is 9.10. The number of alkyl halides is 1. The molecule has 5 heteroatoms. The predicted octanol–water partition coefficient (Wildman–Crippen LogP) is 4.54. The van der Waals surface area contributed by atoms with Crippen LogP contribution in [0.5, 0.6) is 0 Å². The summed E-state index contributed by atoms with van der Waals surface area (Å²) < 4.78 is 0.746. The van der Waals surface area contributed by atoms with Gasteiger partial charge in [-0.15, -0.1) is 0 Å². The van der Waals surface area contributed by atoms with E-state index in [-0.39, 0.29) is 11.4 Å². The van der Waals surface area contributed by atoms with Crippen LogP contribution in [0.3, 0.4) is 0 Å². The van der Waals surface area contributed by atoms with Crippen LogP contribution in [-0.4, -0.2) is 16.8 Å². The van der Waals surface area contributed by atoms with Gasteiger partial charge in [-0.3, -0.25) is 4.79 Å². The summed E-state index contributed by atoms with van der Waals surface area (Å²) in [6.45, 7) is 0. The number of benzene rings is 1. The van der Waals surface area contributed by atoms with Gasteiger partial charge in [0.15, 0.2) is 0 Å². The van der Waals surface area contributed by atoms with Crippen molar-refractivity contribution in [3.8, 4) is 0 Å². The normalized spacial score (nSPS) is 17.7. The number of halogens is 3. The lowest BCUT2D eigenvalue weighted by Crippen LogP contribution is -2.47. The fourth-order valence-corrected chi connectivity index (χ4v) is 3.61. The van der Waals surface area contributed by atoms with E-state index in [0.717, 1.165) is 35.5 Å². The van der Waals surface area contributed by atoms with Crippen molar-refractivity contribution in [2.45, 2.75) is 31.2 Å². The summed E-state index contributed by atoms with van der Waals surface area (Å²) in [5, 5.41) is 4.39. The molecular weight excluding hydrogens is 381 g/mol. The van der Waals surface area contributed by atoms with Gasteiger partial charge in [0, 0.05) is 9.80 Å². The van der Waals surface area contributed by atoms with E-state index in [0.29, 0.717) is 10.6 Å². The average molecular weight is 396 g/mol. The molecular formula is C13H14Br2ClNO. The largest absolute Gasteiger partial charge is 0.346 e. The van der Waals surface area contributed by atoms with Gasteiger partial charge in [0.25, 0.3) is 5.91 Å². The topological polar surface area (TPSA) is 29.1 Å².